The maximum atomic E-state index is 12.3. The van der Waals surface area contributed by atoms with Crippen molar-refractivity contribution in [3.63, 3.8) is 0 Å². The van der Waals surface area contributed by atoms with Crippen molar-refractivity contribution in [2.75, 3.05) is 13.1 Å². The molecule has 2 saturated carbocycles. The Morgan fingerprint density at radius 2 is 2.20 bits per heavy atom. The Morgan fingerprint density at radius 3 is 3.16 bits per heavy atom. The van der Waals surface area contributed by atoms with Gasteiger partial charge < -0.3 is 10.6 Å². The van der Waals surface area contributed by atoms with E-state index < -0.39 is 0 Å². The standard InChI is InChI=1S/C20H28N4O/c25-19(23-16-5-6-18-14(9-16)11-22-24-18)21-12-15-10-20(15)8-7-13-3-1-2-4-17(13)20/h1-4,14-16,18,22,24H,5-12H2,(H2,21,23,25). The van der Waals surface area contributed by atoms with E-state index in [0.717, 1.165) is 32.4 Å². The van der Waals surface area contributed by atoms with Gasteiger partial charge in [0.2, 0.25) is 0 Å². The number of rotatable bonds is 3. The second kappa shape index (κ2) is 5.99. The molecule has 5 heteroatoms. The average Bonchev–Trinajstić information content (AvgIpc) is 2.95. The van der Waals surface area contributed by atoms with Crippen molar-refractivity contribution < 1.29 is 4.79 Å². The fourth-order valence-electron chi connectivity index (χ4n) is 5.58. The van der Waals surface area contributed by atoms with Crippen LogP contribution < -0.4 is 21.5 Å². The van der Waals surface area contributed by atoms with Crippen molar-refractivity contribution >= 4 is 6.03 Å². The van der Waals surface area contributed by atoms with Crippen LogP contribution in [0.3, 0.4) is 0 Å². The molecule has 5 rings (SSSR count). The first-order valence-corrected chi connectivity index (χ1v) is 9.86. The molecule has 0 aromatic heterocycles. The zero-order valence-corrected chi connectivity index (χ0v) is 14.7. The summed E-state index contributed by atoms with van der Waals surface area (Å²) in [6, 6.07) is 9.80. The first-order chi connectivity index (χ1) is 12.2. The molecule has 0 bridgehead atoms. The van der Waals surface area contributed by atoms with E-state index in [2.05, 4.69) is 45.8 Å². The molecule has 2 amide bonds. The number of amides is 2. The lowest BCUT2D eigenvalue weighted by atomic mass is 9.83. The minimum atomic E-state index is 0.0238. The van der Waals surface area contributed by atoms with Crippen molar-refractivity contribution in [3.05, 3.63) is 35.4 Å². The van der Waals surface area contributed by atoms with Gasteiger partial charge in [0, 0.05) is 30.6 Å². The van der Waals surface area contributed by atoms with Crippen molar-refractivity contribution in [1.29, 1.82) is 0 Å². The number of carbonyl (C=O) groups excluding carboxylic acids is 1. The van der Waals surface area contributed by atoms with Crippen LogP contribution in [0.15, 0.2) is 24.3 Å². The third-order valence-electron chi connectivity index (χ3n) is 7.10. The molecule has 5 unspecified atom stereocenters. The number of hydrogen-bond donors (Lipinski definition) is 4. The normalized spacial score (nSPS) is 38.2. The minimum absolute atomic E-state index is 0.0238. The van der Waals surface area contributed by atoms with Crippen LogP contribution in [-0.2, 0) is 11.8 Å². The topological polar surface area (TPSA) is 65.2 Å². The minimum Gasteiger partial charge on any atom is -0.338 e. The van der Waals surface area contributed by atoms with Crippen molar-refractivity contribution in [1.82, 2.24) is 21.5 Å². The Labute approximate surface area is 149 Å². The van der Waals surface area contributed by atoms with Crippen LogP contribution >= 0.6 is 0 Å². The average molecular weight is 340 g/mol. The van der Waals surface area contributed by atoms with E-state index in [1.165, 1.54) is 24.8 Å². The van der Waals surface area contributed by atoms with Gasteiger partial charge in [-0.2, -0.15) is 0 Å². The van der Waals surface area contributed by atoms with Gasteiger partial charge in [0.05, 0.1) is 0 Å². The van der Waals surface area contributed by atoms with E-state index in [-0.39, 0.29) is 6.03 Å². The molecular formula is C20H28N4O. The maximum absolute atomic E-state index is 12.3. The molecule has 4 aliphatic rings. The number of urea groups is 1. The lowest BCUT2D eigenvalue weighted by molar-refractivity contribution is 0.222. The predicted octanol–water partition coefficient (Wildman–Crippen LogP) is 1.83. The Morgan fingerprint density at radius 1 is 1.28 bits per heavy atom. The zero-order chi connectivity index (χ0) is 16.9. The van der Waals surface area contributed by atoms with Crippen molar-refractivity contribution in [2.24, 2.45) is 11.8 Å². The number of hydrazine groups is 1. The van der Waals surface area contributed by atoms with Crippen LogP contribution in [0.25, 0.3) is 0 Å². The summed E-state index contributed by atoms with van der Waals surface area (Å²) < 4.78 is 0. The van der Waals surface area contributed by atoms with E-state index >= 15 is 0 Å². The highest BCUT2D eigenvalue weighted by atomic mass is 16.2. The lowest BCUT2D eigenvalue weighted by Crippen LogP contribution is -2.47. The van der Waals surface area contributed by atoms with Gasteiger partial charge in [-0.25, -0.2) is 4.79 Å². The third kappa shape index (κ3) is 2.74. The van der Waals surface area contributed by atoms with Gasteiger partial charge in [-0.15, -0.1) is 0 Å². The van der Waals surface area contributed by atoms with Gasteiger partial charge in [0.1, 0.15) is 0 Å². The summed E-state index contributed by atoms with van der Waals surface area (Å²) in [5, 5.41) is 6.36. The number of fused-ring (bicyclic) bond motifs is 3. The molecule has 1 aromatic carbocycles. The van der Waals surface area contributed by atoms with Gasteiger partial charge in [0.15, 0.2) is 0 Å². The van der Waals surface area contributed by atoms with Crippen LogP contribution in [0.1, 0.15) is 43.2 Å². The summed E-state index contributed by atoms with van der Waals surface area (Å²) in [6.45, 7) is 1.83. The Bertz CT molecular complexity index is 677. The summed E-state index contributed by atoms with van der Waals surface area (Å²) in [6.07, 6.45) is 6.99. The number of nitrogens with one attached hydrogen (secondary N) is 4. The molecule has 5 atom stereocenters. The third-order valence-corrected chi connectivity index (χ3v) is 7.10. The first kappa shape index (κ1) is 15.6. The van der Waals surface area contributed by atoms with E-state index in [0.29, 0.717) is 29.3 Å². The lowest BCUT2D eigenvalue weighted by Gasteiger charge is -2.31. The SMILES string of the molecule is O=C(NCC1CC12CCc1ccccc12)NC1CCC2NNCC2C1. The predicted molar refractivity (Wildman–Crippen MR) is 97.1 cm³/mol. The molecule has 25 heavy (non-hydrogen) atoms. The Hall–Kier alpha value is -1.59. The van der Waals surface area contributed by atoms with Crippen molar-refractivity contribution in [3.8, 4) is 0 Å². The monoisotopic (exact) mass is 340 g/mol. The van der Waals surface area contributed by atoms with Gasteiger partial charge in [-0.3, -0.25) is 10.9 Å². The molecule has 5 nitrogen and oxygen atoms in total. The Kier molecular flexibility index (Phi) is 3.75. The van der Waals surface area contributed by atoms with E-state index in [1.54, 1.807) is 5.56 Å². The van der Waals surface area contributed by atoms with E-state index in [9.17, 15) is 4.79 Å². The number of aryl methyl sites for hydroxylation is 1. The molecular weight excluding hydrogens is 312 g/mol. The van der Waals surface area contributed by atoms with Crippen LogP contribution in [-0.4, -0.2) is 31.2 Å². The maximum Gasteiger partial charge on any atom is 0.315 e. The molecule has 3 aliphatic carbocycles. The molecule has 1 spiro atoms. The van der Waals surface area contributed by atoms with Crippen LogP contribution in [0.4, 0.5) is 4.79 Å². The summed E-state index contributed by atoms with van der Waals surface area (Å²) >= 11 is 0. The summed E-state index contributed by atoms with van der Waals surface area (Å²) in [5.41, 5.74) is 10.0. The summed E-state index contributed by atoms with van der Waals surface area (Å²) in [5.74, 6) is 1.27. The van der Waals surface area contributed by atoms with Crippen molar-refractivity contribution in [2.45, 2.75) is 56.0 Å². The highest BCUT2D eigenvalue weighted by molar-refractivity contribution is 5.74. The Balaban J connectivity index is 1.11. The molecule has 0 radical (unpaired) electrons. The largest absolute Gasteiger partial charge is 0.338 e. The zero-order valence-electron chi connectivity index (χ0n) is 14.7. The number of benzene rings is 1. The van der Waals surface area contributed by atoms with Crippen LogP contribution in [0, 0.1) is 11.8 Å². The summed E-state index contributed by atoms with van der Waals surface area (Å²) in [4.78, 5) is 12.3. The molecule has 4 N–H and O–H groups in total. The first-order valence-electron chi connectivity index (χ1n) is 9.86. The van der Waals surface area contributed by atoms with E-state index in [1.807, 2.05) is 0 Å². The van der Waals surface area contributed by atoms with Gasteiger partial charge >= 0.3 is 6.03 Å². The van der Waals surface area contributed by atoms with Gasteiger partial charge in [-0.1, -0.05) is 24.3 Å². The second-order valence-corrected chi connectivity index (χ2v) is 8.47. The molecule has 1 heterocycles. The number of carbonyl (C=O) groups is 1. The van der Waals surface area contributed by atoms with Gasteiger partial charge in [0.25, 0.3) is 0 Å². The fraction of sp³-hybridized carbons (Fsp3) is 0.650. The van der Waals surface area contributed by atoms with E-state index in [4.69, 9.17) is 0 Å². The molecule has 1 saturated heterocycles. The van der Waals surface area contributed by atoms with Crippen LogP contribution in [0.5, 0.6) is 0 Å². The molecule has 1 aromatic rings. The second-order valence-electron chi connectivity index (χ2n) is 8.47. The molecule has 3 fully saturated rings. The summed E-state index contributed by atoms with van der Waals surface area (Å²) in [7, 11) is 0. The molecule has 1 aliphatic heterocycles. The highest BCUT2D eigenvalue weighted by Gasteiger charge is 2.57. The van der Waals surface area contributed by atoms with Crippen LogP contribution in [0.2, 0.25) is 0 Å². The highest BCUT2D eigenvalue weighted by Crippen LogP contribution is 2.61. The number of hydrogen-bond acceptors (Lipinski definition) is 3. The van der Waals surface area contributed by atoms with Gasteiger partial charge in [-0.05, 0) is 61.5 Å². The smallest absolute Gasteiger partial charge is 0.315 e. The quantitative estimate of drug-likeness (QED) is 0.679. The molecule has 134 valence electrons. The fourth-order valence-corrected chi connectivity index (χ4v) is 5.58.